The number of benzene rings is 4. The molecule has 156 valence electrons. The summed E-state index contributed by atoms with van der Waals surface area (Å²) in [4.78, 5) is 0. The minimum atomic E-state index is -0.476. The van der Waals surface area contributed by atoms with Crippen LogP contribution in [0.1, 0.15) is 17.5 Å². The molecule has 4 aromatic carbocycles. The third kappa shape index (κ3) is 3.89. The quantitative estimate of drug-likeness (QED) is 0.361. The number of anilines is 1. The van der Waals surface area contributed by atoms with E-state index < -0.39 is 5.54 Å². The van der Waals surface area contributed by atoms with Crippen molar-refractivity contribution in [3.05, 3.63) is 132 Å². The van der Waals surface area contributed by atoms with Gasteiger partial charge in [-0.1, -0.05) is 109 Å². The summed E-state index contributed by atoms with van der Waals surface area (Å²) in [5.41, 5.74) is 21.3. The molecule has 0 heterocycles. The largest absolute Gasteiger partial charge is 0.399 e. The van der Waals surface area contributed by atoms with Crippen LogP contribution in [0.25, 0.3) is 27.8 Å². The summed E-state index contributed by atoms with van der Waals surface area (Å²) >= 11 is 0. The zero-order chi connectivity index (χ0) is 22.0. The second-order valence-corrected chi connectivity index (χ2v) is 8.35. The van der Waals surface area contributed by atoms with Gasteiger partial charge in [0, 0.05) is 5.69 Å². The molecule has 2 nitrogen and oxygen atoms in total. The van der Waals surface area contributed by atoms with Gasteiger partial charge in [0.1, 0.15) is 0 Å². The Balaban J connectivity index is 1.48. The van der Waals surface area contributed by atoms with E-state index >= 15 is 0 Å². The maximum Gasteiger partial charge on any atom is 0.0633 e. The molecule has 1 aliphatic rings. The van der Waals surface area contributed by atoms with Crippen molar-refractivity contribution in [2.45, 2.75) is 12.0 Å². The first-order chi connectivity index (χ1) is 15.6. The van der Waals surface area contributed by atoms with Crippen LogP contribution in [0, 0.1) is 0 Å². The molecule has 0 spiro atoms. The van der Waals surface area contributed by atoms with Crippen molar-refractivity contribution in [2.24, 2.45) is 5.73 Å². The van der Waals surface area contributed by atoms with E-state index in [2.05, 4.69) is 91.0 Å². The van der Waals surface area contributed by atoms with Gasteiger partial charge < -0.3 is 11.5 Å². The fourth-order valence-corrected chi connectivity index (χ4v) is 4.34. The van der Waals surface area contributed by atoms with Crippen molar-refractivity contribution in [1.82, 2.24) is 0 Å². The average Bonchev–Trinajstić information content (AvgIpc) is 2.86. The van der Waals surface area contributed by atoms with Crippen molar-refractivity contribution >= 4 is 11.3 Å². The van der Waals surface area contributed by atoms with E-state index in [9.17, 15) is 0 Å². The lowest BCUT2D eigenvalue weighted by atomic mass is 9.81. The van der Waals surface area contributed by atoms with Crippen molar-refractivity contribution in [2.75, 3.05) is 5.73 Å². The molecular formula is C30H26N2. The van der Waals surface area contributed by atoms with Crippen LogP contribution in [0.4, 0.5) is 5.69 Å². The monoisotopic (exact) mass is 414 g/mol. The topological polar surface area (TPSA) is 52.0 Å². The minimum absolute atomic E-state index is 0.476. The lowest BCUT2D eigenvalue weighted by Gasteiger charge is -2.29. The van der Waals surface area contributed by atoms with Crippen LogP contribution in [0.5, 0.6) is 0 Å². The predicted octanol–water partition coefficient (Wildman–Crippen LogP) is 6.80. The molecule has 1 atom stereocenters. The summed E-state index contributed by atoms with van der Waals surface area (Å²) in [7, 11) is 0. The third-order valence-corrected chi connectivity index (χ3v) is 6.19. The predicted molar refractivity (Wildman–Crippen MR) is 136 cm³/mol. The lowest BCUT2D eigenvalue weighted by Crippen LogP contribution is -2.35. The molecule has 0 radical (unpaired) electrons. The van der Waals surface area contributed by atoms with E-state index in [1.807, 2.05) is 30.3 Å². The average molecular weight is 415 g/mol. The van der Waals surface area contributed by atoms with E-state index in [1.54, 1.807) is 0 Å². The second-order valence-electron chi connectivity index (χ2n) is 8.35. The van der Waals surface area contributed by atoms with E-state index in [1.165, 1.54) is 16.7 Å². The minimum Gasteiger partial charge on any atom is -0.399 e. The summed E-state index contributed by atoms with van der Waals surface area (Å²) < 4.78 is 0. The molecule has 0 bridgehead atoms. The number of hydrogen-bond donors (Lipinski definition) is 2. The van der Waals surface area contributed by atoms with Crippen LogP contribution in [-0.2, 0) is 5.54 Å². The Kier molecular flexibility index (Phi) is 5.22. The van der Waals surface area contributed by atoms with Gasteiger partial charge in [-0.2, -0.15) is 0 Å². The van der Waals surface area contributed by atoms with Crippen LogP contribution in [0.3, 0.4) is 0 Å². The Labute approximate surface area is 189 Å². The lowest BCUT2D eigenvalue weighted by molar-refractivity contribution is 0.567. The number of hydrogen-bond acceptors (Lipinski definition) is 2. The molecule has 0 fully saturated rings. The van der Waals surface area contributed by atoms with Gasteiger partial charge in [-0.15, -0.1) is 0 Å². The van der Waals surface area contributed by atoms with E-state index in [0.29, 0.717) is 0 Å². The smallest absolute Gasteiger partial charge is 0.0633 e. The van der Waals surface area contributed by atoms with Gasteiger partial charge >= 0.3 is 0 Å². The molecule has 4 aromatic rings. The number of rotatable bonds is 4. The van der Waals surface area contributed by atoms with Crippen molar-refractivity contribution < 1.29 is 0 Å². The van der Waals surface area contributed by atoms with E-state index in [0.717, 1.165) is 34.4 Å². The molecule has 5 rings (SSSR count). The highest BCUT2D eigenvalue weighted by atomic mass is 14.7. The van der Waals surface area contributed by atoms with Gasteiger partial charge in [0.2, 0.25) is 0 Å². The highest BCUT2D eigenvalue weighted by molar-refractivity contribution is 5.88. The first kappa shape index (κ1) is 20.0. The zero-order valence-electron chi connectivity index (χ0n) is 17.9. The van der Waals surface area contributed by atoms with Gasteiger partial charge in [-0.25, -0.2) is 0 Å². The molecule has 0 saturated carbocycles. The molecule has 32 heavy (non-hydrogen) atoms. The van der Waals surface area contributed by atoms with Crippen LogP contribution >= 0.6 is 0 Å². The molecule has 0 amide bonds. The van der Waals surface area contributed by atoms with Crippen molar-refractivity contribution in [1.29, 1.82) is 0 Å². The standard InChI is InChI=1S/C30H26N2/c31-27-15-16-28(25-17-19-30(32,20-18-25)26-9-5-2-6-10-26)29(21-27)24-13-11-23(12-14-24)22-7-3-1-4-8-22/h1-19,21H,20,31-32H2. The number of nitrogens with two attached hydrogens (primary N) is 2. The summed E-state index contributed by atoms with van der Waals surface area (Å²) in [6, 6.07) is 35.5. The molecule has 0 aliphatic heterocycles. The SMILES string of the molecule is Nc1ccc(C2=CCC(N)(c3ccccc3)C=C2)c(-c2ccc(-c3ccccc3)cc2)c1. The summed E-state index contributed by atoms with van der Waals surface area (Å²) in [6.45, 7) is 0. The number of nitrogen functional groups attached to an aromatic ring is 1. The molecule has 0 aromatic heterocycles. The maximum atomic E-state index is 6.71. The molecule has 4 N–H and O–H groups in total. The van der Waals surface area contributed by atoms with Gasteiger partial charge in [-0.05, 0) is 57.5 Å². The first-order valence-electron chi connectivity index (χ1n) is 10.9. The normalized spacial score (nSPS) is 17.7. The van der Waals surface area contributed by atoms with Gasteiger partial charge in [0.05, 0.1) is 5.54 Å². The molecule has 1 aliphatic carbocycles. The van der Waals surface area contributed by atoms with Crippen LogP contribution in [0.2, 0.25) is 0 Å². The molecule has 0 saturated heterocycles. The summed E-state index contributed by atoms with van der Waals surface area (Å²) in [5, 5.41) is 0. The van der Waals surface area contributed by atoms with Crippen LogP contribution < -0.4 is 11.5 Å². The van der Waals surface area contributed by atoms with Crippen molar-refractivity contribution in [3.63, 3.8) is 0 Å². The Morgan fingerprint density at radius 1 is 0.625 bits per heavy atom. The Morgan fingerprint density at radius 3 is 1.91 bits per heavy atom. The fourth-order valence-electron chi connectivity index (χ4n) is 4.34. The van der Waals surface area contributed by atoms with Crippen molar-refractivity contribution in [3.8, 4) is 22.3 Å². The third-order valence-electron chi connectivity index (χ3n) is 6.19. The maximum absolute atomic E-state index is 6.71. The first-order valence-corrected chi connectivity index (χ1v) is 10.9. The Bertz CT molecular complexity index is 1290. The molecule has 2 heteroatoms. The second kappa shape index (κ2) is 8.33. The van der Waals surface area contributed by atoms with Crippen LogP contribution in [0.15, 0.2) is 121 Å². The van der Waals surface area contributed by atoms with Gasteiger partial charge in [0.15, 0.2) is 0 Å². The number of allylic oxidation sites excluding steroid dienone is 2. The Hall–Kier alpha value is -3.88. The molecule has 1 unspecified atom stereocenters. The summed E-state index contributed by atoms with van der Waals surface area (Å²) in [5.74, 6) is 0. The highest BCUT2D eigenvalue weighted by Crippen LogP contribution is 2.37. The summed E-state index contributed by atoms with van der Waals surface area (Å²) in [6.07, 6.45) is 7.25. The van der Waals surface area contributed by atoms with Gasteiger partial charge in [-0.3, -0.25) is 0 Å². The zero-order valence-corrected chi connectivity index (χ0v) is 17.9. The van der Waals surface area contributed by atoms with E-state index in [4.69, 9.17) is 11.5 Å². The van der Waals surface area contributed by atoms with Gasteiger partial charge in [0.25, 0.3) is 0 Å². The molecular weight excluding hydrogens is 388 g/mol. The Morgan fingerprint density at radius 2 is 1.25 bits per heavy atom. The fraction of sp³-hybridized carbons (Fsp3) is 0.0667. The highest BCUT2D eigenvalue weighted by Gasteiger charge is 2.26. The van der Waals surface area contributed by atoms with Crippen LogP contribution in [-0.4, -0.2) is 0 Å². The van der Waals surface area contributed by atoms with E-state index in [-0.39, 0.29) is 0 Å².